The van der Waals surface area contributed by atoms with Crippen molar-refractivity contribution in [3.05, 3.63) is 18.2 Å². The summed E-state index contributed by atoms with van der Waals surface area (Å²) in [5.74, 6) is 0.381. The molecule has 0 saturated carbocycles. The monoisotopic (exact) mass is 376 g/mol. The molecule has 1 atom stereocenters. The van der Waals surface area contributed by atoms with E-state index in [-0.39, 0.29) is 6.04 Å². The summed E-state index contributed by atoms with van der Waals surface area (Å²) in [6, 6.07) is 0.0484. The fourth-order valence-corrected chi connectivity index (χ4v) is 3.03. The molecule has 9 heteroatoms. The summed E-state index contributed by atoms with van der Waals surface area (Å²) < 4.78 is 44.4. The lowest BCUT2D eigenvalue weighted by Gasteiger charge is -2.35. The maximum Gasteiger partial charge on any atom is 0.407 e. The Morgan fingerprint density at radius 1 is 1.35 bits per heavy atom. The fraction of sp³-hybridized carbons (Fsp3) is 0.765. The van der Waals surface area contributed by atoms with E-state index in [9.17, 15) is 18.0 Å². The molecule has 0 radical (unpaired) electrons. The first-order chi connectivity index (χ1) is 12.0. The number of likely N-dealkylation sites (tertiary alicyclic amines) is 1. The molecule has 0 spiro atoms. The Bertz CT molecular complexity index is 596. The molecule has 0 bridgehead atoms. The van der Waals surface area contributed by atoms with Crippen LogP contribution in [0.5, 0.6) is 0 Å². The van der Waals surface area contributed by atoms with Crippen molar-refractivity contribution in [2.45, 2.75) is 70.9 Å². The summed E-state index contributed by atoms with van der Waals surface area (Å²) in [6.07, 6.45) is 0.836. The van der Waals surface area contributed by atoms with E-state index in [0.29, 0.717) is 18.9 Å². The minimum atomic E-state index is -4.28. The van der Waals surface area contributed by atoms with Crippen LogP contribution >= 0.6 is 0 Å². The molecule has 1 aromatic rings. The Hall–Kier alpha value is -1.77. The Morgan fingerprint density at radius 3 is 2.73 bits per heavy atom. The third-order valence-corrected chi connectivity index (χ3v) is 4.13. The zero-order valence-electron chi connectivity index (χ0n) is 15.5. The van der Waals surface area contributed by atoms with E-state index in [4.69, 9.17) is 4.74 Å². The molecule has 1 aliphatic heterocycles. The zero-order chi connectivity index (χ0) is 19.4. The van der Waals surface area contributed by atoms with Gasteiger partial charge in [0, 0.05) is 25.0 Å². The van der Waals surface area contributed by atoms with E-state index in [0.717, 1.165) is 30.4 Å². The first-order valence-corrected chi connectivity index (χ1v) is 8.81. The number of carbonyl (C=O) groups is 1. The number of hydrogen-bond donors (Lipinski definition) is 1. The topological polar surface area (TPSA) is 59.4 Å². The largest absolute Gasteiger partial charge is 0.444 e. The normalized spacial score (nSPS) is 19.4. The van der Waals surface area contributed by atoms with E-state index in [1.807, 2.05) is 0 Å². The predicted octanol–water partition coefficient (Wildman–Crippen LogP) is 3.32. The van der Waals surface area contributed by atoms with Gasteiger partial charge in [-0.1, -0.05) is 6.42 Å². The number of amides is 1. The molecule has 0 aromatic carbocycles. The van der Waals surface area contributed by atoms with Gasteiger partial charge in [0.15, 0.2) is 0 Å². The molecule has 1 aromatic heterocycles. The van der Waals surface area contributed by atoms with Crippen LogP contribution in [0.25, 0.3) is 0 Å². The molecular weight excluding hydrogens is 349 g/mol. The molecule has 26 heavy (non-hydrogen) atoms. The number of imidazole rings is 1. The number of nitrogens with zero attached hydrogens (tertiary/aromatic N) is 3. The van der Waals surface area contributed by atoms with Gasteiger partial charge >= 0.3 is 12.3 Å². The maximum absolute atomic E-state index is 12.7. The minimum absolute atomic E-state index is 0.0484. The highest BCUT2D eigenvalue weighted by Gasteiger charge is 2.30. The van der Waals surface area contributed by atoms with E-state index in [1.165, 1.54) is 12.4 Å². The summed E-state index contributed by atoms with van der Waals surface area (Å²) in [4.78, 5) is 18.0. The third-order valence-electron chi connectivity index (χ3n) is 4.13. The molecule has 1 aliphatic rings. The third kappa shape index (κ3) is 6.86. The van der Waals surface area contributed by atoms with Gasteiger partial charge in [-0.2, -0.15) is 13.2 Å². The molecule has 0 aliphatic carbocycles. The molecule has 1 amide bonds. The first kappa shape index (κ1) is 20.5. The summed E-state index contributed by atoms with van der Waals surface area (Å²) >= 11 is 0. The molecule has 1 N–H and O–H groups in total. The second kappa shape index (κ2) is 8.28. The number of carbonyl (C=O) groups excluding carboxylic acids is 1. The van der Waals surface area contributed by atoms with Crippen LogP contribution < -0.4 is 5.32 Å². The Labute approximate surface area is 151 Å². The van der Waals surface area contributed by atoms with Gasteiger partial charge in [-0.15, -0.1) is 0 Å². The van der Waals surface area contributed by atoms with Gasteiger partial charge < -0.3 is 14.6 Å². The summed E-state index contributed by atoms with van der Waals surface area (Å²) in [5.41, 5.74) is -0.571. The Morgan fingerprint density at radius 2 is 2.08 bits per heavy atom. The van der Waals surface area contributed by atoms with E-state index >= 15 is 0 Å². The highest BCUT2D eigenvalue weighted by Crippen LogP contribution is 2.22. The van der Waals surface area contributed by atoms with Gasteiger partial charge in [0.2, 0.25) is 0 Å². The quantitative estimate of drug-likeness (QED) is 0.856. The number of rotatable bonds is 5. The number of hydrogen-bond acceptors (Lipinski definition) is 4. The minimum Gasteiger partial charge on any atom is -0.444 e. The summed E-state index contributed by atoms with van der Waals surface area (Å²) in [5, 5.41) is 2.76. The van der Waals surface area contributed by atoms with Crippen molar-refractivity contribution in [3.63, 3.8) is 0 Å². The molecule has 148 valence electrons. The number of aromatic nitrogens is 2. The number of alkyl halides is 3. The SMILES string of the molecule is CC(C)(C)OC(=O)NC[C@@H]1CCCCN1Cc1nccn1CC(F)(F)F. The molecule has 6 nitrogen and oxygen atoms in total. The van der Waals surface area contributed by atoms with Crippen molar-refractivity contribution in [1.82, 2.24) is 19.8 Å². The number of piperidine rings is 1. The van der Waals surface area contributed by atoms with Crippen molar-refractivity contribution < 1.29 is 22.7 Å². The average Bonchev–Trinajstić information content (AvgIpc) is 2.89. The van der Waals surface area contributed by atoms with Crippen molar-refractivity contribution in [3.8, 4) is 0 Å². The highest BCUT2D eigenvalue weighted by atomic mass is 19.4. The lowest BCUT2D eigenvalue weighted by atomic mass is 10.0. The van der Waals surface area contributed by atoms with Crippen molar-refractivity contribution >= 4 is 6.09 Å². The van der Waals surface area contributed by atoms with Crippen LogP contribution in [-0.2, 0) is 17.8 Å². The van der Waals surface area contributed by atoms with Gasteiger partial charge in [0.1, 0.15) is 18.0 Å². The second-order valence-corrected chi connectivity index (χ2v) is 7.59. The van der Waals surface area contributed by atoms with Crippen molar-refractivity contribution in [2.75, 3.05) is 13.1 Å². The van der Waals surface area contributed by atoms with Crippen LogP contribution in [0.15, 0.2) is 12.4 Å². The maximum atomic E-state index is 12.7. The van der Waals surface area contributed by atoms with Crippen LogP contribution in [0.3, 0.4) is 0 Å². The lowest BCUT2D eigenvalue weighted by molar-refractivity contribution is -0.141. The lowest BCUT2D eigenvalue weighted by Crippen LogP contribution is -2.47. The van der Waals surface area contributed by atoms with Crippen LogP contribution in [0.2, 0.25) is 0 Å². The van der Waals surface area contributed by atoms with E-state index in [2.05, 4.69) is 15.2 Å². The van der Waals surface area contributed by atoms with E-state index in [1.54, 1.807) is 20.8 Å². The predicted molar refractivity (Wildman–Crippen MR) is 90.6 cm³/mol. The number of nitrogens with one attached hydrogen (secondary N) is 1. The fourth-order valence-electron chi connectivity index (χ4n) is 3.03. The van der Waals surface area contributed by atoms with Gasteiger partial charge in [-0.25, -0.2) is 9.78 Å². The average molecular weight is 376 g/mol. The Balaban J connectivity index is 1.95. The zero-order valence-corrected chi connectivity index (χ0v) is 15.5. The number of alkyl carbamates (subject to hydrolysis) is 1. The van der Waals surface area contributed by atoms with Crippen LogP contribution in [0, 0.1) is 0 Å². The van der Waals surface area contributed by atoms with Crippen LogP contribution in [0.1, 0.15) is 45.9 Å². The van der Waals surface area contributed by atoms with Gasteiger partial charge in [-0.05, 0) is 40.2 Å². The molecular formula is C17H27F3N4O2. The molecule has 2 heterocycles. The Kier molecular flexibility index (Phi) is 6.54. The van der Waals surface area contributed by atoms with Crippen LogP contribution in [0.4, 0.5) is 18.0 Å². The van der Waals surface area contributed by atoms with Crippen molar-refractivity contribution in [1.29, 1.82) is 0 Å². The molecule has 1 fully saturated rings. The van der Waals surface area contributed by atoms with Crippen molar-refractivity contribution in [2.24, 2.45) is 0 Å². The second-order valence-electron chi connectivity index (χ2n) is 7.59. The standard InChI is InChI=1S/C17H27F3N4O2/c1-16(2,3)26-15(25)22-10-13-6-4-5-8-23(13)11-14-21-7-9-24(14)12-17(18,19)20/h7,9,13H,4-6,8,10-12H2,1-3H3,(H,22,25)/t13-/m0/s1. The first-order valence-electron chi connectivity index (χ1n) is 8.81. The molecule has 2 rings (SSSR count). The van der Waals surface area contributed by atoms with Gasteiger partial charge in [0.25, 0.3) is 0 Å². The van der Waals surface area contributed by atoms with Crippen LogP contribution in [-0.4, -0.2) is 51.5 Å². The summed E-state index contributed by atoms with van der Waals surface area (Å²) in [6.45, 7) is 5.81. The summed E-state index contributed by atoms with van der Waals surface area (Å²) in [7, 11) is 0. The number of halogens is 3. The van der Waals surface area contributed by atoms with E-state index < -0.39 is 24.4 Å². The van der Waals surface area contributed by atoms with Gasteiger partial charge in [-0.3, -0.25) is 4.90 Å². The molecule has 0 unspecified atom stereocenters. The number of ether oxygens (including phenoxy) is 1. The van der Waals surface area contributed by atoms with Gasteiger partial charge in [0.05, 0.1) is 6.54 Å². The highest BCUT2D eigenvalue weighted by molar-refractivity contribution is 5.67. The molecule has 1 saturated heterocycles. The smallest absolute Gasteiger partial charge is 0.407 e.